The molecule has 0 aromatic heterocycles. The van der Waals surface area contributed by atoms with Gasteiger partial charge in [-0.15, -0.1) is 0 Å². The van der Waals surface area contributed by atoms with Gasteiger partial charge in [-0.1, -0.05) is 0 Å². The third-order valence-corrected chi connectivity index (χ3v) is 4.03. The highest BCUT2D eigenvalue weighted by Gasteiger charge is 2.43. The van der Waals surface area contributed by atoms with Gasteiger partial charge in [0, 0.05) is 13.0 Å². The molecule has 102 valence electrons. The molecule has 0 fully saturated rings. The van der Waals surface area contributed by atoms with Crippen molar-refractivity contribution in [1.82, 2.24) is 0 Å². The SMILES string of the molecule is CCOC(C=O)(CCCS(=O)(=O)O)S(=O)(=O)O. The summed E-state index contributed by atoms with van der Waals surface area (Å²) in [6.07, 6.45) is -1.02. The molecule has 0 amide bonds. The van der Waals surface area contributed by atoms with E-state index >= 15 is 0 Å². The molecule has 0 aliphatic heterocycles. The van der Waals surface area contributed by atoms with Gasteiger partial charge < -0.3 is 4.74 Å². The Bertz CT molecular complexity index is 450. The zero-order valence-corrected chi connectivity index (χ0v) is 10.7. The first kappa shape index (κ1) is 16.4. The molecule has 17 heavy (non-hydrogen) atoms. The van der Waals surface area contributed by atoms with E-state index in [0.29, 0.717) is 0 Å². The molecule has 0 spiro atoms. The minimum atomic E-state index is -4.82. The topological polar surface area (TPSA) is 135 Å². The molecule has 0 rings (SSSR count). The van der Waals surface area contributed by atoms with E-state index in [2.05, 4.69) is 4.74 Å². The van der Waals surface area contributed by atoms with E-state index in [1.54, 1.807) is 0 Å². The summed E-state index contributed by atoms with van der Waals surface area (Å²) >= 11 is 0. The molecular formula is C7H14O8S2. The van der Waals surface area contributed by atoms with E-state index in [1.165, 1.54) is 6.92 Å². The molecule has 0 aromatic rings. The average Bonchev–Trinajstić information content (AvgIpc) is 2.12. The van der Waals surface area contributed by atoms with E-state index in [-0.39, 0.29) is 19.3 Å². The van der Waals surface area contributed by atoms with Crippen LogP contribution in [0.3, 0.4) is 0 Å². The highest BCUT2D eigenvalue weighted by molar-refractivity contribution is 7.87. The summed E-state index contributed by atoms with van der Waals surface area (Å²) < 4.78 is 64.9. The van der Waals surface area contributed by atoms with Gasteiger partial charge in [-0.25, -0.2) is 0 Å². The maximum absolute atomic E-state index is 11.0. The number of carbonyl (C=O) groups is 1. The zero-order chi connectivity index (χ0) is 13.7. The van der Waals surface area contributed by atoms with Crippen LogP contribution < -0.4 is 0 Å². The standard InChI is InChI=1S/C7H14O8S2/c1-2-15-7(6-8,17(12,13)14)4-3-5-16(9,10)11/h6H,2-5H2,1H3,(H,9,10,11)(H,12,13,14). The smallest absolute Gasteiger partial charge is 0.302 e. The van der Waals surface area contributed by atoms with Gasteiger partial charge in [-0.2, -0.15) is 16.8 Å². The van der Waals surface area contributed by atoms with Gasteiger partial charge in [0.2, 0.25) is 4.93 Å². The number of ether oxygens (including phenoxy) is 1. The van der Waals surface area contributed by atoms with Crippen molar-refractivity contribution in [1.29, 1.82) is 0 Å². The third-order valence-electron chi connectivity index (χ3n) is 1.93. The van der Waals surface area contributed by atoms with Crippen molar-refractivity contribution in [2.75, 3.05) is 12.4 Å². The second-order valence-corrected chi connectivity index (χ2v) is 6.44. The highest BCUT2D eigenvalue weighted by Crippen LogP contribution is 2.22. The summed E-state index contributed by atoms with van der Waals surface area (Å²) in [5, 5.41) is 0. The fourth-order valence-corrected chi connectivity index (χ4v) is 2.47. The summed E-state index contributed by atoms with van der Waals surface area (Å²) in [6, 6.07) is 0. The molecule has 0 heterocycles. The zero-order valence-electron chi connectivity index (χ0n) is 9.07. The van der Waals surface area contributed by atoms with Crippen LogP contribution in [0.25, 0.3) is 0 Å². The molecule has 1 unspecified atom stereocenters. The van der Waals surface area contributed by atoms with Crippen LogP contribution in [0.1, 0.15) is 19.8 Å². The minimum Gasteiger partial charge on any atom is -0.351 e. The van der Waals surface area contributed by atoms with Crippen molar-refractivity contribution in [2.45, 2.75) is 24.7 Å². The molecular weight excluding hydrogens is 276 g/mol. The molecule has 0 aromatic carbocycles. The summed E-state index contributed by atoms with van der Waals surface area (Å²) in [5.41, 5.74) is 0. The number of rotatable bonds is 8. The van der Waals surface area contributed by atoms with Crippen molar-refractivity contribution in [3.05, 3.63) is 0 Å². The van der Waals surface area contributed by atoms with Crippen LogP contribution in [-0.4, -0.2) is 49.5 Å². The van der Waals surface area contributed by atoms with E-state index in [9.17, 15) is 21.6 Å². The van der Waals surface area contributed by atoms with Crippen LogP contribution in [0.15, 0.2) is 0 Å². The van der Waals surface area contributed by atoms with Crippen LogP contribution in [-0.2, 0) is 29.8 Å². The largest absolute Gasteiger partial charge is 0.351 e. The molecule has 0 radical (unpaired) electrons. The van der Waals surface area contributed by atoms with Crippen LogP contribution >= 0.6 is 0 Å². The number of aldehydes is 1. The maximum atomic E-state index is 11.0. The second kappa shape index (κ2) is 5.87. The lowest BCUT2D eigenvalue weighted by molar-refractivity contribution is -0.122. The molecule has 0 bridgehead atoms. The van der Waals surface area contributed by atoms with Gasteiger partial charge >= 0.3 is 10.1 Å². The lowest BCUT2D eigenvalue weighted by atomic mass is 10.2. The second-order valence-electron chi connectivity index (χ2n) is 3.23. The monoisotopic (exact) mass is 290 g/mol. The first-order valence-corrected chi connectivity index (χ1v) is 7.65. The van der Waals surface area contributed by atoms with Crippen LogP contribution in [0.4, 0.5) is 0 Å². The predicted octanol–water partition coefficient (Wildman–Crippen LogP) is -0.526. The van der Waals surface area contributed by atoms with Crippen LogP contribution in [0.2, 0.25) is 0 Å². The Kier molecular flexibility index (Phi) is 5.68. The summed E-state index contributed by atoms with van der Waals surface area (Å²) in [4.78, 5) is 8.26. The maximum Gasteiger partial charge on any atom is 0.302 e. The van der Waals surface area contributed by atoms with Crippen molar-refractivity contribution < 1.29 is 35.5 Å². The highest BCUT2D eigenvalue weighted by atomic mass is 32.2. The van der Waals surface area contributed by atoms with Gasteiger partial charge in [-0.3, -0.25) is 13.9 Å². The Morgan fingerprint density at radius 2 is 1.76 bits per heavy atom. The first-order valence-electron chi connectivity index (χ1n) is 4.60. The normalized spacial score (nSPS) is 16.4. The Labute approximate surface area is 99.5 Å². The quantitative estimate of drug-likeness (QED) is 0.450. The van der Waals surface area contributed by atoms with Gasteiger partial charge in [0.1, 0.15) is 0 Å². The lowest BCUT2D eigenvalue weighted by Crippen LogP contribution is -2.43. The van der Waals surface area contributed by atoms with Gasteiger partial charge in [0.05, 0.1) is 5.75 Å². The van der Waals surface area contributed by atoms with Crippen LogP contribution in [0, 0.1) is 0 Å². The fraction of sp³-hybridized carbons (Fsp3) is 0.857. The summed E-state index contributed by atoms with van der Waals surface area (Å²) in [5.74, 6) is -0.731. The molecule has 0 saturated heterocycles. The minimum absolute atomic E-state index is 0.101. The lowest BCUT2D eigenvalue weighted by Gasteiger charge is -2.23. The van der Waals surface area contributed by atoms with Gasteiger partial charge in [-0.05, 0) is 13.3 Å². The number of hydrogen-bond acceptors (Lipinski definition) is 6. The Morgan fingerprint density at radius 3 is 2.06 bits per heavy atom. The van der Waals surface area contributed by atoms with Gasteiger partial charge in [0.25, 0.3) is 10.1 Å². The van der Waals surface area contributed by atoms with Crippen molar-refractivity contribution in [3.8, 4) is 0 Å². The number of hydrogen-bond donors (Lipinski definition) is 2. The number of carbonyl (C=O) groups excluding carboxylic acids is 1. The fourth-order valence-electron chi connectivity index (χ4n) is 1.17. The Hall–Kier alpha value is -0.550. The molecule has 0 saturated carbocycles. The molecule has 10 heteroatoms. The molecule has 0 aliphatic rings. The molecule has 1 atom stereocenters. The van der Waals surface area contributed by atoms with Crippen molar-refractivity contribution in [3.63, 3.8) is 0 Å². The predicted molar refractivity (Wildman–Crippen MR) is 57.6 cm³/mol. The molecule has 8 nitrogen and oxygen atoms in total. The molecule has 0 aliphatic carbocycles. The van der Waals surface area contributed by atoms with Gasteiger partial charge in [0.15, 0.2) is 6.29 Å². The summed E-state index contributed by atoms with van der Waals surface area (Å²) in [7, 11) is -9.09. The van der Waals surface area contributed by atoms with Crippen molar-refractivity contribution in [2.24, 2.45) is 0 Å². The van der Waals surface area contributed by atoms with E-state index in [4.69, 9.17) is 9.11 Å². The van der Waals surface area contributed by atoms with Crippen molar-refractivity contribution >= 4 is 26.5 Å². The molecule has 2 N–H and O–H groups in total. The third kappa shape index (κ3) is 5.08. The average molecular weight is 290 g/mol. The first-order chi connectivity index (χ1) is 7.58. The van der Waals surface area contributed by atoms with E-state index < -0.39 is 37.3 Å². The Balaban J connectivity index is 4.90. The van der Waals surface area contributed by atoms with E-state index in [1.807, 2.05) is 0 Å². The summed E-state index contributed by atoms with van der Waals surface area (Å²) in [6.45, 7) is 1.25. The Morgan fingerprint density at radius 1 is 1.24 bits per heavy atom. The van der Waals surface area contributed by atoms with E-state index in [0.717, 1.165) is 0 Å². The van der Waals surface area contributed by atoms with Crippen LogP contribution in [0.5, 0.6) is 0 Å².